The van der Waals surface area contributed by atoms with Crippen molar-refractivity contribution in [1.82, 2.24) is 4.98 Å². The third-order valence-electron chi connectivity index (χ3n) is 2.51. The minimum atomic E-state index is -0.789. The monoisotopic (exact) mass is 210 g/mol. The zero-order valence-corrected chi connectivity index (χ0v) is 9.43. The molecule has 0 fully saturated rings. The van der Waals surface area contributed by atoms with Crippen LogP contribution >= 0.6 is 11.3 Å². The summed E-state index contributed by atoms with van der Waals surface area (Å²) in [4.78, 5) is 4.19. The SMILES string of the molecule is CCC(C)(C#N)C(O)c1csc(C)n1. The van der Waals surface area contributed by atoms with Crippen LogP contribution in [-0.4, -0.2) is 10.1 Å². The third kappa shape index (κ3) is 1.94. The van der Waals surface area contributed by atoms with Crippen LogP contribution in [0, 0.1) is 23.7 Å². The van der Waals surface area contributed by atoms with Gasteiger partial charge in [-0.3, -0.25) is 0 Å². The Hall–Kier alpha value is -0.920. The number of rotatable bonds is 3. The maximum absolute atomic E-state index is 9.97. The molecule has 0 aliphatic rings. The molecule has 76 valence electrons. The molecule has 0 radical (unpaired) electrons. The minimum absolute atomic E-state index is 0.610. The van der Waals surface area contributed by atoms with E-state index in [4.69, 9.17) is 5.26 Å². The molecule has 4 heteroatoms. The molecule has 0 aliphatic heterocycles. The summed E-state index contributed by atoms with van der Waals surface area (Å²) in [6, 6.07) is 2.15. The van der Waals surface area contributed by atoms with E-state index in [-0.39, 0.29) is 0 Å². The highest BCUT2D eigenvalue weighted by molar-refractivity contribution is 7.09. The molecule has 2 atom stereocenters. The van der Waals surface area contributed by atoms with Gasteiger partial charge in [-0.05, 0) is 20.3 Å². The predicted molar refractivity (Wildman–Crippen MR) is 55.8 cm³/mol. The van der Waals surface area contributed by atoms with Gasteiger partial charge in [-0.25, -0.2) is 4.98 Å². The number of aryl methyl sites for hydroxylation is 1. The van der Waals surface area contributed by atoms with E-state index >= 15 is 0 Å². The number of thiazole rings is 1. The lowest BCUT2D eigenvalue weighted by Crippen LogP contribution is -2.23. The second kappa shape index (κ2) is 4.07. The van der Waals surface area contributed by atoms with Crippen molar-refractivity contribution < 1.29 is 5.11 Å². The van der Waals surface area contributed by atoms with Crippen LogP contribution in [-0.2, 0) is 0 Å². The molecule has 2 unspecified atom stereocenters. The average Bonchev–Trinajstić information content (AvgIpc) is 2.62. The zero-order chi connectivity index (χ0) is 10.8. The van der Waals surface area contributed by atoms with Crippen LogP contribution in [0.15, 0.2) is 5.38 Å². The van der Waals surface area contributed by atoms with Gasteiger partial charge in [0.1, 0.15) is 6.10 Å². The van der Waals surface area contributed by atoms with Gasteiger partial charge >= 0.3 is 0 Å². The van der Waals surface area contributed by atoms with E-state index < -0.39 is 11.5 Å². The van der Waals surface area contributed by atoms with Crippen LogP contribution in [0.25, 0.3) is 0 Å². The lowest BCUT2D eigenvalue weighted by molar-refractivity contribution is 0.0688. The van der Waals surface area contributed by atoms with Gasteiger partial charge in [0.25, 0.3) is 0 Å². The lowest BCUT2D eigenvalue weighted by Gasteiger charge is -2.24. The topological polar surface area (TPSA) is 56.9 Å². The first-order valence-corrected chi connectivity index (χ1v) is 5.43. The Labute approximate surface area is 88.0 Å². The molecule has 14 heavy (non-hydrogen) atoms. The van der Waals surface area contributed by atoms with Crippen LogP contribution in [0.1, 0.15) is 37.1 Å². The first-order chi connectivity index (χ1) is 6.53. The van der Waals surface area contributed by atoms with Crippen LogP contribution in [0.4, 0.5) is 0 Å². The van der Waals surface area contributed by atoms with Crippen LogP contribution in [0.2, 0.25) is 0 Å². The molecule has 1 rings (SSSR count). The first kappa shape index (κ1) is 11.2. The summed E-state index contributed by atoms with van der Waals surface area (Å²) in [5.74, 6) is 0. The summed E-state index contributed by atoms with van der Waals surface area (Å²) in [5.41, 5.74) is -0.126. The standard InChI is InChI=1S/C10H14N2OS/c1-4-10(3,6-11)9(13)8-5-14-7(2)12-8/h5,9,13H,4H2,1-3H3. The third-order valence-corrected chi connectivity index (χ3v) is 3.30. The highest BCUT2D eigenvalue weighted by Crippen LogP contribution is 2.36. The van der Waals surface area contributed by atoms with E-state index in [2.05, 4.69) is 11.1 Å². The van der Waals surface area contributed by atoms with Crippen molar-refractivity contribution in [2.24, 2.45) is 5.41 Å². The maximum atomic E-state index is 9.97. The summed E-state index contributed by atoms with van der Waals surface area (Å²) < 4.78 is 0. The van der Waals surface area contributed by atoms with Gasteiger partial charge < -0.3 is 5.11 Å². The highest BCUT2D eigenvalue weighted by Gasteiger charge is 2.33. The fourth-order valence-electron chi connectivity index (χ4n) is 1.17. The quantitative estimate of drug-likeness (QED) is 0.833. The molecule has 0 amide bonds. The van der Waals surface area contributed by atoms with Crippen LogP contribution in [0.5, 0.6) is 0 Å². The molecular formula is C10H14N2OS. The van der Waals surface area contributed by atoms with Gasteiger partial charge in [-0.15, -0.1) is 11.3 Å². The van der Waals surface area contributed by atoms with Gasteiger partial charge in [0.15, 0.2) is 0 Å². The van der Waals surface area contributed by atoms with Crippen molar-refractivity contribution in [1.29, 1.82) is 5.26 Å². The Bertz CT molecular complexity index is 355. The van der Waals surface area contributed by atoms with Crippen molar-refractivity contribution in [2.75, 3.05) is 0 Å². The number of hydrogen-bond acceptors (Lipinski definition) is 4. The summed E-state index contributed by atoms with van der Waals surface area (Å²) in [7, 11) is 0. The van der Waals surface area contributed by atoms with Crippen molar-refractivity contribution in [3.8, 4) is 6.07 Å². The minimum Gasteiger partial charge on any atom is -0.385 e. The molecule has 1 aromatic rings. The van der Waals surface area contributed by atoms with Gasteiger partial charge in [-0.2, -0.15) is 5.26 Å². The van der Waals surface area contributed by atoms with Gasteiger partial charge in [-0.1, -0.05) is 6.92 Å². The van der Waals surface area contributed by atoms with E-state index in [0.29, 0.717) is 12.1 Å². The summed E-state index contributed by atoms with van der Waals surface area (Å²) in [6.07, 6.45) is -0.177. The number of nitriles is 1. The van der Waals surface area contributed by atoms with Crippen LogP contribution in [0.3, 0.4) is 0 Å². The van der Waals surface area contributed by atoms with E-state index in [1.54, 1.807) is 6.92 Å². The molecule has 1 N–H and O–H groups in total. The van der Waals surface area contributed by atoms with Gasteiger partial charge in [0.05, 0.1) is 22.2 Å². The smallest absolute Gasteiger partial charge is 0.115 e. The second-order valence-corrected chi connectivity index (χ2v) is 4.64. The second-order valence-electron chi connectivity index (χ2n) is 3.58. The first-order valence-electron chi connectivity index (χ1n) is 4.55. The van der Waals surface area contributed by atoms with Crippen LogP contribution < -0.4 is 0 Å². The Morgan fingerprint density at radius 3 is 2.79 bits per heavy atom. The average molecular weight is 210 g/mol. The van der Waals surface area contributed by atoms with E-state index in [1.807, 2.05) is 19.2 Å². The molecule has 0 bridgehead atoms. The normalized spacial score (nSPS) is 17.1. The number of aromatic nitrogens is 1. The molecule has 0 aromatic carbocycles. The number of hydrogen-bond donors (Lipinski definition) is 1. The molecular weight excluding hydrogens is 196 g/mol. The van der Waals surface area contributed by atoms with Gasteiger partial charge in [0.2, 0.25) is 0 Å². The Balaban J connectivity index is 2.95. The summed E-state index contributed by atoms with van der Waals surface area (Å²) in [5, 5.41) is 21.7. The Morgan fingerprint density at radius 2 is 2.43 bits per heavy atom. The molecule has 1 aromatic heterocycles. The van der Waals surface area contributed by atoms with Crippen molar-refractivity contribution >= 4 is 11.3 Å². The Kier molecular flexibility index (Phi) is 3.25. The summed E-state index contributed by atoms with van der Waals surface area (Å²) >= 11 is 1.49. The number of aliphatic hydroxyl groups is 1. The number of aliphatic hydroxyl groups excluding tert-OH is 1. The molecule has 1 heterocycles. The zero-order valence-electron chi connectivity index (χ0n) is 8.61. The maximum Gasteiger partial charge on any atom is 0.115 e. The predicted octanol–water partition coefficient (Wildman–Crippen LogP) is 2.42. The van der Waals surface area contributed by atoms with Gasteiger partial charge in [0, 0.05) is 5.38 Å². The molecule has 0 saturated carbocycles. The molecule has 3 nitrogen and oxygen atoms in total. The molecule has 0 saturated heterocycles. The van der Waals surface area contributed by atoms with Crippen molar-refractivity contribution in [3.63, 3.8) is 0 Å². The largest absolute Gasteiger partial charge is 0.385 e. The molecule has 0 aliphatic carbocycles. The fraction of sp³-hybridized carbons (Fsp3) is 0.600. The fourth-order valence-corrected chi connectivity index (χ4v) is 1.80. The van der Waals surface area contributed by atoms with Crippen molar-refractivity contribution in [2.45, 2.75) is 33.3 Å². The Morgan fingerprint density at radius 1 is 1.79 bits per heavy atom. The summed E-state index contributed by atoms with van der Waals surface area (Å²) in [6.45, 7) is 5.54. The van der Waals surface area contributed by atoms with E-state index in [1.165, 1.54) is 11.3 Å². The number of nitrogens with zero attached hydrogens (tertiary/aromatic N) is 2. The highest BCUT2D eigenvalue weighted by atomic mass is 32.1. The van der Waals surface area contributed by atoms with E-state index in [0.717, 1.165) is 5.01 Å². The lowest BCUT2D eigenvalue weighted by atomic mass is 9.82. The molecule has 0 spiro atoms. The van der Waals surface area contributed by atoms with E-state index in [9.17, 15) is 5.11 Å². The van der Waals surface area contributed by atoms with Crippen molar-refractivity contribution in [3.05, 3.63) is 16.1 Å².